The third-order valence-electron chi connectivity index (χ3n) is 8.98. The predicted octanol–water partition coefficient (Wildman–Crippen LogP) is 1.51. The average molecular weight is 711 g/mol. The lowest BCUT2D eigenvalue weighted by atomic mass is 9.76. The van der Waals surface area contributed by atoms with Gasteiger partial charge in [0.05, 0.1) is 18.5 Å². The fourth-order valence-electron chi connectivity index (χ4n) is 5.88. The maximum Gasteiger partial charge on any atom is 0.305 e. The first-order valence-electron chi connectivity index (χ1n) is 17.0. The molecule has 0 fully saturated rings. The molecule has 0 aromatic heterocycles. The van der Waals surface area contributed by atoms with Crippen molar-refractivity contribution < 1.29 is 38.7 Å². The van der Waals surface area contributed by atoms with Crippen LogP contribution in [-0.2, 0) is 39.0 Å². The van der Waals surface area contributed by atoms with Crippen LogP contribution in [0, 0.1) is 11.3 Å². The minimum absolute atomic E-state index is 0.129. The van der Waals surface area contributed by atoms with Crippen LogP contribution in [0.25, 0.3) is 0 Å². The van der Waals surface area contributed by atoms with Crippen LogP contribution >= 0.6 is 0 Å². The summed E-state index contributed by atoms with van der Waals surface area (Å²) in [5, 5.41) is 20.4. The van der Waals surface area contributed by atoms with Gasteiger partial charge in [0.25, 0.3) is 11.8 Å². The first-order valence-corrected chi connectivity index (χ1v) is 17.0. The average Bonchev–Trinajstić information content (AvgIpc) is 3.37. The standard InChI is InChI=1S/C37H54N6O8/c1-22(2)26(20-23(3)32(48)40-25(21-29(46)47)33(49)39-18-19-43-27(44)16-17-28(43)45)42(10)35(51)31(36(4,5)6)41-34(50)30(38-9)37(7,8)24-14-12-11-13-15-24/h11-17,20,22,25-26,30-31,38H,18-19,21H2,1-10H3,(H,39,49)(H,40,48)(H,41,50)(H,46,47)/b23-20+/t25-,26-,30-,31?/m1/s1. The van der Waals surface area contributed by atoms with E-state index in [0.29, 0.717) is 0 Å². The molecular formula is C37H54N6O8. The Labute approximate surface area is 300 Å². The summed E-state index contributed by atoms with van der Waals surface area (Å²) in [6, 6.07) is 5.92. The highest BCUT2D eigenvalue weighted by Crippen LogP contribution is 2.29. The van der Waals surface area contributed by atoms with Gasteiger partial charge in [-0.1, -0.05) is 84.9 Å². The van der Waals surface area contributed by atoms with Gasteiger partial charge in [0.1, 0.15) is 12.1 Å². The zero-order valence-corrected chi connectivity index (χ0v) is 31.3. The summed E-state index contributed by atoms with van der Waals surface area (Å²) in [5.74, 6) is -4.84. The number of rotatable bonds is 17. The lowest BCUT2D eigenvalue weighted by Crippen LogP contribution is -2.61. The number of imide groups is 1. The minimum atomic E-state index is -1.46. The second-order valence-electron chi connectivity index (χ2n) is 14.7. The predicted molar refractivity (Wildman–Crippen MR) is 192 cm³/mol. The summed E-state index contributed by atoms with van der Waals surface area (Å²) in [5.41, 5.74) is -0.238. The Morgan fingerprint density at radius 2 is 1.47 bits per heavy atom. The number of hydrogen-bond acceptors (Lipinski definition) is 8. The van der Waals surface area contributed by atoms with E-state index in [4.69, 9.17) is 0 Å². The summed E-state index contributed by atoms with van der Waals surface area (Å²) in [6.45, 7) is 14.4. The van der Waals surface area contributed by atoms with Gasteiger partial charge in [0, 0.05) is 43.3 Å². The fraction of sp³-hybridized carbons (Fsp3) is 0.541. The van der Waals surface area contributed by atoms with Gasteiger partial charge in [0.2, 0.25) is 23.6 Å². The van der Waals surface area contributed by atoms with Gasteiger partial charge in [-0.25, -0.2) is 0 Å². The van der Waals surface area contributed by atoms with Crippen molar-refractivity contribution >= 4 is 41.4 Å². The number of nitrogens with zero attached hydrogens (tertiary/aromatic N) is 2. The highest BCUT2D eigenvalue weighted by molar-refractivity contribution is 6.12. The minimum Gasteiger partial charge on any atom is -0.481 e. The molecule has 1 aromatic carbocycles. The fourth-order valence-corrected chi connectivity index (χ4v) is 5.88. The van der Waals surface area contributed by atoms with Crippen LogP contribution in [0.2, 0.25) is 0 Å². The first-order chi connectivity index (χ1) is 23.6. The van der Waals surface area contributed by atoms with Crippen LogP contribution in [0.3, 0.4) is 0 Å². The number of amides is 6. The van der Waals surface area contributed by atoms with E-state index in [9.17, 15) is 38.7 Å². The topological polar surface area (TPSA) is 194 Å². The zero-order valence-electron chi connectivity index (χ0n) is 31.3. The molecule has 4 atom stereocenters. The van der Waals surface area contributed by atoms with Crippen molar-refractivity contribution in [3.8, 4) is 0 Å². The van der Waals surface area contributed by atoms with Gasteiger partial charge >= 0.3 is 5.97 Å². The normalized spacial score (nSPS) is 16.0. The molecule has 2 rings (SSSR count). The van der Waals surface area contributed by atoms with E-state index in [-0.39, 0.29) is 36.4 Å². The van der Waals surface area contributed by atoms with E-state index in [1.807, 2.05) is 78.8 Å². The Morgan fingerprint density at radius 3 is 1.96 bits per heavy atom. The molecule has 5 N–H and O–H groups in total. The molecule has 280 valence electrons. The van der Waals surface area contributed by atoms with Crippen molar-refractivity contribution in [3.05, 3.63) is 59.7 Å². The summed E-state index contributed by atoms with van der Waals surface area (Å²) < 4.78 is 0. The van der Waals surface area contributed by atoms with Crippen LogP contribution < -0.4 is 21.3 Å². The summed E-state index contributed by atoms with van der Waals surface area (Å²) in [6.07, 6.45) is 3.06. The van der Waals surface area contributed by atoms with E-state index in [0.717, 1.165) is 22.6 Å². The molecule has 1 heterocycles. The van der Waals surface area contributed by atoms with Gasteiger partial charge in [0.15, 0.2) is 0 Å². The van der Waals surface area contributed by atoms with Gasteiger partial charge in [-0.2, -0.15) is 0 Å². The number of hydrogen-bond donors (Lipinski definition) is 5. The Bertz CT molecular complexity index is 1510. The van der Waals surface area contributed by atoms with Crippen LogP contribution in [0.1, 0.15) is 67.4 Å². The molecule has 6 amide bonds. The number of carboxylic acid groups (broad SMARTS) is 1. The van der Waals surface area contributed by atoms with Crippen molar-refractivity contribution in [1.82, 2.24) is 31.1 Å². The molecule has 14 nitrogen and oxygen atoms in total. The molecule has 1 unspecified atom stereocenters. The Hall–Kier alpha value is -4.85. The van der Waals surface area contributed by atoms with Crippen molar-refractivity contribution in [2.75, 3.05) is 27.2 Å². The highest BCUT2D eigenvalue weighted by Gasteiger charge is 2.41. The SMILES string of the molecule is CN[C@H](C(=O)NC(C(=O)N(C)[C@H](/C=C(\C)C(=O)N[C@H](CC(=O)O)C(=O)NCCN1C(=O)C=CC1=O)C(C)C)C(C)(C)C)C(C)(C)c1ccccc1. The zero-order chi connectivity index (χ0) is 38.8. The van der Waals surface area contributed by atoms with Gasteiger partial charge in [-0.05, 0) is 30.9 Å². The molecule has 0 spiro atoms. The van der Waals surface area contributed by atoms with E-state index in [1.54, 1.807) is 20.2 Å². The number of aliphatic carboxylic acids is 1. The molecule has 0 bridgehead atoms. The highest BCUT2D eigenvalue weighted by atomic mass is 16.4. The molecule has 1 aliphatic heterocycles. The summed E-state index contributed by atoms with van der Waals surface area (Å²) in [4.78, 5) is 91.6. The van der Waals surface area contributed by atoms with Crippen molar-refractivity contribution in [2.24, 2.45) is 11.3 Å². The van der Waals surface area contributed by atoms with Crippen LogP contribution in [0.5, 0.6) is 0 Å². The van der Waals surface area contributed by atoms with Crippen molar-refractivity contribution in [2.45, 2.75) is 91.4 Å². The first kappa shape index (κ1) is 42.3. The number of carbonyl (C=O) groups excluding carboxylic acids is 6. The molecule has 0 saturated heterocycles. The molecule has 0 saturated carbocycles. The molecule has 1 aliphatic rings. The van der Waals surface area contributed by atoms with Crippen molar-refractivity contribution in [1.29, 1.82) is 0 Å². The van der Waals surface area contributed by atoms with E-state index in [1.165, 1.54) is 11.8 Å². The third kappa shape index (κ3) is 11.3. The van der Waals surface area contributed by atoms with Gasteiger partial charge in [-0.3, -0.25) is 38.5 Å². The molecule has 51 heavy (non-hydrogen) atoms. The quantitative estimate of drug-likeness (QED) is 0.118. The Kier molecular flexibility index (Phi) is 14.8. The Morgan fingerprint density at radius 1 is 0.902 bits per heavy atom. The number of benzene rings is 1. The van der Waals surface area contributed by atoms with Crippen molar-refractivity contribution in [3.63, 3.8) is 0 Å². The monoisotopic (exact) mass is 710 g/mol. The molecule has 0 radical (unpaired) electrons. The number of likely N-dealkylation sites (N-methyl/N-ethyl adjacent to an activating group) is 2. The second-order valence-corrected chi connectivity index (χ2v) is 14.7. The van der Waals surface area contributed by atoms with Crippen LogP contribution in [0.15, 0.2) is 54.1 Å². The summed E-state index contributed by atoms with van der Waals surface area (Å²) in [7, 11) is 3.29. The number of nitrogens with one attached hydrogen (secondary N) is 4. The smallest absolute Gasteiger partial charge is 0.305 e. The molecule has 14 heteroatoms. The maximum atomic E-state index is 14.2. The Balaban J connectivity index is 2.24. The molecule has 1 aromatic rings. The lowest BCUT2D eigenvalue weighted by Gasteiger charge is -2.40. The largest absolute Gasteiger partial charge is 0.481 e. The second kappa shape index (κ2) is 17.9. The third-order valence-corrected chi connectivity index (χ3v) is 8.98. The van der Waals surface area contributed by atoms with Gasteiger partial charge < -0.3 is 31.3 Å². The number of carbonyl (C=O) groups is 7. The van der Waals surface area contributed by atoms with Gasteiger partial charge in [-0.15, -0.1) is 0 Å². The maximum absolute atomic E-state index is 14.2. The summed E-state index contributed by atoms with van der Waals surface area (Å²) >= 11 is 0. The van der Waals surface area contributed by atoms with E-state index >= 15 is 0 Å². The van der Waals surface area contributed by atoms with E-state index in [2.05, 4.69) is 21.3 Å². The van der Waals surface area contributed by atoms with Crippen LogP contribution in [-0.4, -0.2) is 108 Å². The number of carboxylic acids is 1. The lowest BCUT2D eigenvalue weighted by molar-refractivity contribution is -0.141. The molecule has 0 aliphatic carbocycles. The van der Waals surface area contributed by atoms with Crippen LogP contribution in [0.4, 0.5) is 0 Å². The molecular weight excluding hydrogens is 656 g/mol. The van der Waals surface area contributed by atoms with E-state index < -0.39 is 71.0 Å².